The SMILES string of the molecule is CC1(C)C(C(=O)N[C@@H](Cc2ccccc2)C(N)=O)C1c1cc(-c2cccnc2)nn1-c1ccc(Cl)c(Cl)c1. The minimum atomic E-state index is -0.812. The van der Waals surface area contributed by atoms with Crippen molar-refractivity contribution >= 4 is 35.0 Å². The molecule has 0 saturated heterocycles. The fraction of sp³-hybridized carbons (Fsp3) is 0.241. The molecule has 2 amide bonds. The largest absolute Gasteiger partial charge is 0.368 e. The number of hydrogen-bond donors (Lipinski definition) is 2. The third-order valence-corrected chi connectivity index (χ3v) is 7.95. The van der Waals surface area contributed by atoms with Crippen molar-refractivity contribution in [3.63, 3.8) is 0 Å². The van der Waals surface area contributed by atoms with Crippen LogP contribution in [0.3, 0.4) is 0 Å². The number of pyridine rings is 1. The van der Waals surface area contributed by atoms with Crippen molar-refractivity contribution in [1.29, 1.82) is 0 Å². The van der Waals surface area contributed by atoms with Crippen LogP contribution in [-0.4, -0.2) is 32.6 Å². The highest BCUT2D eigenvalue weighted by molar-refractivity contribution is 6.42. The van der Waals surface area contributed by atoms with Crippen molar-refractivity contribution in [3.05, 3.63) is 100 Å². The highest BCUT2D eigenvalue weighted by Crippen LogP contribution is 2.65. The van der Waals surface area contributed by atoms with E-state index in [9.17, 15) is 9.59 Å². The molecule has 5 rings (SSSR count). The van der Waals surface area contributed by atoms with Crippen LogP contribution in [0.2, 0.25) is 10.0 Å². The van der Waals surface area contributed by atoms with Crippen molar-refractivity contribution in [2.24, 2.45) is 17.1 Å². The highest BCUT2D eigenvalue weighted by atomic mass is 35.5. The average Bonchev–Trinajstić information content (AvgIpc) is 3.24. The predicted octanol–water partition coefficient (Wildman–Crippen LogP) is 5.19. The molecule has 0 bridgehead atoms. The van der Waals surface area contributed by atoms with Gasteiger partial charge in [-0.3, -0.25) is 14.6 Å². The Morgan fingerprint density at radius 3 is 2.47 bits per heavy atom. The lowest BCUT2D eigenvalue weighted by atomic mass is 10.0. The Labute approximate surface area is 231 Å². The van der Waals surface area contributed by atoms with Crippen LogP contribution in [0.5, 0.6) is 0 Å². The first-order chi connectivity index (χ1) is 18.2. The maximum atomic E-state index is 13.5. The zero-order valence-electron chi connectivity index (χ0n) is 20.9. The Balaban J connectivity index is 1.48. The summed E-state index contributed by atoms with van der Waals surface area (Å²) in [7, 11) is 0. The Hall–Kier alpha value is -3.68. The van der Waals surface area contributed by atoms with E-state index in [2.05, 4.69) is 10.3 Å². The van der Waals surface area contributed by atoms with Crippen LogP contribution in [0.4, 0.5) is 0 Å². The molecule has 4 aromatic rings. The molecule has 0 radical (unpaired) electrons. The number of nitrogens with one attached hydrogen (secondary N) is 1. The van der Waals surface area contributed by atoms with Gasteiger partial charge in [-0.2, -0.15) is 5.10 Å². The first-order valence-electron chi connectivity index (χ1n) is 12.3. The average molecular weight is 548 g/mol. The van der Waals surface area contributed by atoms with Crippen LogP contribution in [0.1, 0.15) is 31.0 Å². The first-order valence-corrected chi connectivity index (χ1v) is 13.0. The summed E-state index contributed by atoms with van der Waals surface area (Å²) in [6, 6.07) is 19.7. The molecule has 2 unspecified atom stereocenters. The lowest BCUT2D eigenvalue weighted by Gasteiger charge is -2.16. The summed E-state index contributed by atoms with van der Waals surface area (Å²) >= 11 is 12.5. The van der Waals surface area contributed by atoms with Gasteiger partial charge in [0.15, 0.2) is 0 Å². The number of rotatable bonds is 8. The normalized spacial score (nSPS) is 18.5. The summed E-state index contributed by atoms with van der Waals surface area (Å²) in [5.74, 6) is -1.35. The van der Waals surface area contributed by atoms with E-state index >= 15 is 0 Å². The van der Waals surface area contributed by atoms with Gasteiger partial charge in [0.05, 0.1) is 27.3 Å². The zero-order valence-corrected chi connectivity index (χ0v) is 22.4. The molecule has 1 saturated carbocycles. The van der Waals surface area contributed by atoms with Crippen LogP contribution < -0.4 is 11.1 Å². The Kier molecular flexibility index (Phi) is 6.99. The van der Waals surface area contributed by atoms with Crippen LogP contribution in [0.25, 0.3) is 16.9 Å². The molecule has 7 nitrogen and oxygen atoms in total. The molecule has 2 heterocycles. The second-order valence-electron chi connectivity index (χ2n) is 10.1. The van der Waals surface area contributed by atoms with Crippen LogP contribution in [0, 0.1) is 11.3 Å². The van der Waals surface area contributed by atoms with Gasteiger partial charge in [-0.1, -0.05) is 67.4 Å². The van der Waals surface area contributed by atoms with Gasteiger partial charge in [-0.15, -0.1) is 0 Å². The number of nitrogens with zero attached hydrogens (tertiary/aromatic N) is 3. The van der Waals surface area contributed by atoms with E-state index in [0.29, 0.717) is 16.5 Å². The minimum absolute atomic E-state index is 0.167. The number of hydrogen-bond acceptors (Lipinski definition) is 4. The van der Waals surface area contributed by atoms with Crippen LogP contribution in [0.15, 0.2) is 79.1 Å². The third kappa shape index (κ3) is 5.04. The summed E-state index contributed by atoms with van der Waals surface area (Å²) in [5, 5.41) is 8.61. The molecule has 3 N–H and O–H groups in total. The fourth-order valence-corrected chi connectivity index (χ4v) is 5.40. The lowest BCUT2D eigenvalue weighted by Crippen LogP contribution is -2.46. The van der Waals surface area contributed by atoms with Crippen molar-refractivity contribution in [2.75, 3.05) is 0 Å². The van der Waals surface area contributed by atoms with Gasteiger partial charge in [0, 0.05) is 36.0 Å². The standard InChI is InChI=1S/C29H27Cl2N5O2/c1-29(2)25(26(29)28(38)34-23(27(32)37)13-17-7-4-3-5-8-17)24-15-22(18-9-6-12-33-16-18)35-36(24)19-10-11-20(30)21(31)14-19/h3-12,14-16,23,25-26H,13H2,1-2H3,(H2,32,37)(H,34,38)/t23-,25?,26?/m0/s1. The van der Waals surface area contributed by atoms with Gasteiger partial charge in [0.2, 0.25) is 11.8 Å². The van der Waals surface area contributed by atoms with Crippen molar-refractivity contribution in [2.45, 2.75) is 32.2 Å². The molecule has 1 fully saturated rings. The van der Waals surface area contributed by atoms with Crippen molar-refractivity contribution in [1.82, 2.24) is 20.1 Å². The summed E-state index contributed by atoms with van der Waals surface area (Å²) in [6.45, 7) is 4.07. The van der Waals surface area contributed by atoms with E-state index in [1.807, 2.05) is 68.4 Å². The Bertz CT molecular complexity index is 1490. The van der Waals surface area contributed by atoms with Gasteiger partial charge in [0.1, 0.15) is 6.04 Å². The lowest BCUT2D eigenvalue weighted by molar-refractivity contribution is -0.128. The van der Waals surface area contributed by atoms with E-state index in [4.69, 9.17) is 34.0 Å². The van der Waals surface area contributed by atoms with E-state index < -0.39 is 11.9 Å². The van der Waals surface area contributed by atoms with Gasteiger partial charge in [-0.25, -0.2) is 4.68 Å². The molecule has 194 valence electrons. The van der Waals surface area contributed by atoms with Crippen LogP contribution >= 0.6 is 23.2 Å². The van der Waals surface area contributed by atoms with E-state index in [1.54, 1.807) is 29.2 Å². The molecule has 38 heavy (non-hydrogen) atoms. The third-order valence-electron chi connectivity index (χ3n) is 7.21. The monoisotopic (exact) mass is 547 g/mol. The number of aromatic nitrogens is 3. The topological polar surface area (TPSA) is 103 Å². The Morgan fingerprint density at radius 2 is 1.82 bits per heavy atom. The van der Waals surface area contributed by atoms with E-state index in [-0.39, 0.29) is 23.2 Å². The molecular weight excluding hydrogens is 521 g/mol. The number of amides is 2. The molecule has 9 heteroatoms. The molecule has 0 aliphatic heterocycles. The first kappa shape index (κ1) is 25.9. The number of primary amides is 1. The fourth-order valence-electron chi connectivity index (χ4n) is 5.11. The molecule has 3 atom stereocenters. The summed E-state index contributed by atoms with van der Waals surface area (Å²) in [5.41, 5.74) is 9.35. The highest BCUT2D eigenvalue weighted by Gasteiger charge is 2.63. The predicted molar refractivity (Wildman–Crippen MR) is 148 cm³/mol. The zero-order chi connectivity index (χ0) is 27.0. The molecule has 2 aromatic heterocycles. The number of halogens is 2. The second-order valence-corrected chi connectivity index (χ2v) is 11.0. The second kappa shape index (κ2) is 10.2. The van der Waals surface area contributed by atoms with Gasteiger partial charge < -0.3 is 11.1 Å². The smallest absolute Gasteiger partial charge is 0.240 e. The van der Waals surface area contributed by atoms with E-state index in [1.165, 1.54) is 0 Å². The van der Waals surface area contributed by atoms with Gasteiger partial charge in [0.25, 0.3) is 0 Å². The number of benzene rings is 2. The number of carbonyl (C=O) groups excluding carboxylic acids is 2. The minimum Gasteiger partial charge on any atom is -0.368 e. The van der Waals surface area contributed by atoms with Gasteiger partial charge >= 0.3 is 0 Å². The summed E-state index contributed by atoms with van der Waals surface area (Å²) < 4.78 is 1.81. The van der Waals surface area contributed by atoms with Crippen LogP contribution in [-0.2, 0) is 16.0 Å². The molecule has 0 spiro atoms. The van der Waals surface area contributed by atoms with Crippen molar-refractivity contribution < 1.29 is 9.59 Å². The summed E-state index contributed by atoms with van der Waals surface area (Å²) in [6.07, 6.45) is 3.77. The number of nitrogens with two attached hydrogens (primary N) is 1. The van der Waals surface area contributed by atoms with Gasteiger partial charge in [-0.05, 0) is 47.4 Å². The molecule has 1 aliphatic rings. The Morgan fingerprint density at radius 1 is 1.05 bits per heavy atom. The molecule has 2 aromatic carbocycles. The molecule has 1 aliphatic carbocycles. The molecular formula is C29H27Cl2N5O2. The maximum absolute atomic E-state index is 13.5. The van der Waals surface area contributed by atoms with Crippen molar-refractivity contribution in [3.8, 4) is 16.9 Å². The number of carbonyl (C=O) groups is 2. The van der Waals surface area contributed by atoms with E-state index in [0.717, 1.165) is 28.2 Å². The quantitative estimate of drug-likeness (QED) is 0.316. The summed E-state index contributed by atoms with van der Waals surface area (Å²) in [4.78, 5) is 30.0. The maximum Gasteiger partial charge on any atom is 0.240 e.